The SMILES string of the molecule is O=C(CCc1ccccc1)N1CCC2(CC1)CC(O)CCO2. The molecule has 0 aromatic heterocycles. The number of nitrogens with zero attached hydrogens (tertiary/aromatic N) is 1. The van der Waals surface area contributed by atoms with Gasteiger partial charge in [-0.1, -0.05) is 30.3 Å². The summed E-state index contributed by atoms with van der Waals surface area (Å²) in [5.74, 6) is 0.232. The first-order valence-electron chi connectivity index (χ1n) is 8.31. The van der Waals surface area contributed by atoms with Gasteiger partial charge in [0.05, 0.1) is 11.7 Å². The Hall–Kier alpha value is -1.39. The largest absolute Gasteiger partial charge is 0.393 e. The Labute approximate surface area is 132 Å². The minimum atomic E-state index is -0.242. The number of carbonyl (C=O) groups excluding carboxylic acids is 1. The summed E-state index contributed by atoms with van der Waals surface area (Å²) < 4.78 is 5.94. The Morgan fingerprint density at radius 1 is 1.27 bits per heavy atom. The highest BCUT2D eigenvalue weighted by atomic mass is 16.5. The number of ether oxygens (including phenoxy) is 1. The molecule has 0 saturated carbocycles. The molecule has 4 nitrogen and oxygen atoms in total. The van der Waals surface area contributed by atoms with E-state index in [0.717, 1.165) is 45.2 Å². The van der Waals surface area contributed by atoms with Crippen molar-refractivity contribution in [2.24, 2.45) is 0 Å². The fraction of sp³-hybridized carbons (Fsp3) is 0.611. The van der Waals surface area contributed by atoms with Crippen LogP contribution in [0.25, 0.3) is 0 Å². The van der Waals surface area contributed by atoms with E-state index in [0.29, 0.717) is 13.0 Å². The number of hydrogen-bond donors (Lipinski definition) is 1. The van der Waals surface area contributed by atoms with Crippen LogP contribution in [0.3, 0.4) is 0 Å². The minimum absolute atomic E-state index is 0.187. The molecule has 22 heavy (non-hydrogen) atoms. The molecule has 1 aromatic carbocycles. The number of benzene rings is 1. The average molecular weight is 303 g/mol. The van der Waals surface area contributed by atoms with Crippen molar-refractivity contribution in [3.63, 3.8) is 0 Å². The molecule has 2 aliphatic heterocycles. The highest BCUT2D eigenvalue weighted by Gasteiger charge is 2.40. The van der Waals surface area contributed by atoms with Gasteiger partial charge >= 0.3 is 0 Å². The maximum Gasteiger partial charge on any atom is 0.222 e. The van der Waals surface area contributed by atoms with Crippen molar-refractivity contribution in [2.45, 2.75) is 50.2 Å². The number of amides is 1. The van der Waals surface area contributed by atoms with Crippen molar-refractivity contribution in [3.8, 4) is 0 Å². The quantitative estimate of drug-likeness (QED) is 0.931. The summed E-state index contributed by atoms with van der Waals surface area (Å²) in [6.45, 7) is 2.14. The molecule has 1 N–H and O–H groups in total. The lowest BCUT2D eigenvalue weighted by molar-refractivity contribution is -0.153. The number of rotatable bonds is 3. The second-order valence-corrected chi connectivity index (χ2v) is 6.54. The molecule has 2 saturated heterocycles. The van der Waals surface area contributed by atoms with Crippen molar-refractivity contribution in [3.05, 3.63) is 35.9 Å². The van der Waals surface area contributed by atoms with Crippen molar-refractivity contribution in [1.82, 2.24) is 4.90 Å². The first kappa shape index (κ1) is 15.5. The van der Waals surface area contributed by atoms with Crippen LogP contribution >= 0.6 is 0 Å². The Balaban J connectivity index is 1.47. The van der Waals surface area contributed by atoms with E-state index in [1.807, 2.05) is 23.1 Å². The Kier molecular flexibility index (Phi) is 4.79. The summed E-state index contributed by atoms with van der Waals surface area (Å²) in [4.78, 5) is 14.3. The topological polar surface area (TPSA) is 49.8 Å². The molecule has 1 unspecified atom stereocenters. The zero-order valence-electron chi connectivity index (χ0n) is 13.0. The third kappa shape index (κ3) is 3.68. The molecule has 0 bridgehead atoms. The molecular weight excluding hydrogens is 278 g/mol. The molecular formula is C18H25NO3. The standard InChI is InChI=1S/C18H25NO3/c20-16-8-13-22-18(14-16)9-11-19(12-10-18)17(21)7-6-15-4-2-1-3-5-15/h1-5,16,20H,6-14H2. The van der Waals surface area contributed by atoms with Crippen LogP contribution in [0.15, 0.2) is 30.3 Å². The van der Waals surface area contributed by atoms with Gasteiger partial charge in [0.1, 0.15) is 0 Å². The van der Waals surface area contributed by atoms with Crippen LogP contribution in [0.4, 0.5) is 0 Å². The lowest BCUT2D eigenvalue weighted by Gasteiger charge is -2.45. The van der Waals surface area contributed by atoms with Crippen LogP contribution in [0.1, 0.15) is 37.7 Å². The summed E-state index contributed by atoms with van der Waals surface area (Å²) in [7, 11) is 0. The summed E-state index contributed by atoms with van der Waals surface area (Å²) in [6.07, 6.45) is 4.29. The van der Waals surface area contributed by atoms with Crippen molar-refractivity contribution in [2.75, 3.05) is 19.7 Å². The van der Waals surface area contributed by atoms with Gasteiger partial charge in [-0.15, -0.1) is 0 Å². The monoisotopic (exact) mass is 303 g/mol. The van der Waals surface area contributed by atoms with Crippen LogP contribution < -0.4 is 0 Å². The number of piperidine rings is 1. The number of carbonyl (C=O) groups is 1. The molecule has 1 aromatic rings. The predicted molar refractivity (Wildman–Crippen MR) is 84.5 cm³/mol. The molecule has 1 atom stereocenters. The molecule has 0 radical (unpaired) electrons. The van der Waals surface area contributed by atoms with E-state index >= 15 is 0 Å². The third-order valence-electron chi connectivity index (χ3n) is 4.96. The average Bonchev–Trinajstić information content (AvgIpc) is 2.54. The Bertz CT molecular complexity index is 494. The van der Waals surface area contributed by atoms with Crippen LogP contribution in [0, 0.1) is 0 Å². The number of aliphatic hydroxyl groups excluding tert-OH is 1. The maximum atomic E-state index is 12.3. The maximum absolute atomic E-state index is 12.3. The van der Waals surface area contributed by atoms with E-state index in [4.69, 9.17) is 4.74 Å². The molecule has 2 heterocycles. The van der Waals surface area contributed by atoms with Crippen LogP contribution in [-0.2, 0) is 16.0 Å². The highest BCUT2D eigenvalue weighted by Crippen LogP contribution is 2.35. The second-order valence-electron chi connectivity index (χ2n) is 6.54. The van der Waals surface area contributed by atoms with Crippen molar-refractivity contribution >= 4 is 5.91 Å². The van der Waals surface area contributed by atoms with Gasteiger partial charge < -0.3 is 14.7 Å². The number of hydrogen-bond acceptors (Lipinski definition) is 3. The molecule has 2 aliphatic rings. The summed E-state index contributed by atoms with van der Waals surface area (Å²) in [6, 6.07) is 10.1. The van der Waals surface area contributed by atoms with E-state index < -0.39 is 0 Å². The molecule has 3 rings (SSSR count). The van der Waals surface area contributed by atoms with Gasteiger partial charge in [-0.25, -0.2) is 0 Å². The molecule has 1 spiro atoms. The summed E-state index contributed by atoms with van der Waals surface area (Å²) in [5, 5.41) is 9.85. The van der Waals surface area contributed by atoms with Gasteiger partial charge in [0.15, 0.2) is 0 Å². The van der Waals surface area contributed by atoms with Gasteiger partial charge in [0.25, 0.3) is 0 Å². The van der Waals surface area contributed by atoms with Gasteiger partial charge in [-0.3, -0.25) is 4.79 Å². The fourth-order valence-corrected chi connectivity index (χ4v) is 3.57. The van der Waals surface area contributed by atoms with E-state index in [9.17, 15) is 9.90 Å². The molecule has 2 fully saturated rings. The van der Waals surface area contributed by atoms with Crippen LogP contribution in [0.2, 0.25) is 0 Å². The van der Waals surface area contributed by atoms with Crippen molar-refractivity contribution < 1.29 is 14.6 Å². The van der Waals surface area contributed by atoms with E-state index in [1.165, 1.54) is 5.56 Å². The lowest BCUT2D eigenvalue weighted by atomic mass is 9.83. The summed E-state index contributed by atoms with van der Waals surface area (Å²) in [5.41, 5.74) is 1.02. The molecule has 120 valence electrons. The molecule has 1 amide bonds. The number of aryl methyl sites for hydroxylation is 1. The van der Waals surface area contributed by atoms with Crippen LogP contribution in [-0.4, -0.2) is 47.3 Å². The third-order valence-corrected chi connectivity index (χ3v) is 4.96. The minimum Gasteiger partial charge on any atom is -0.393 e. The zero-order valence-corrected chi connectivity index (χ0v) is 13.0. The second kappa shape index (κ2) is 6.80. The summed E-state index contributed by atoms with van der Waals surface area (Å²) >= 11 is 0. The Morgan fingerprint density at radius 2 is 2.00 bits per heavy atom. The molecule has 4 heteroatoms. The lowest BCUT2D eigenvalue weighted by Crippen LogP contribution is -2.51. The first-order chi connectivity index (χ1) is 10.7. The van der Waals surface area contributed by atoms with Crippen molar-refractivity contribution in [1.29, 1.82) is 0 Å². The predicted octanol–water partition coefficient (Wildman–Crippen LogP) is 2.15. The normalized spacial score (nSPS) is 24.4. The zero-order chi connectivity index (χ0) is 15.4. The Morgan fingerprint density at radius 3 is 2.68 bits per heavy atom. The van der Waals surface area contributed by atoms with Gasteiger partial charge in [-0.05, 0) is 31.2 Å². The van der Waals surface area contributed by atoms with Gasteiger partial charge in [-0.2, -0.15) is 0 Å². The van der Waals surface area contributed by atoms with E-state index in [-0.39, 0.29) is 17.6 Å². The smallest absolute Gasteiger partial charge is 0.222 e. The fourth-order valence-electron chi connectivity index (χ4n) is 3.57. The number of likely N-dealkylation sites (tertiary alicyclic amines) is 1. The van der Waals surface area contributed by atoms with Gasteiger partial charge in [0.2, 0.25) is 5.91 Å². The van der Waals surface area contributed by atoms with E-state index in [1.54, 1.807) is 0 Å². The molecule has 0 aliphatic carbocycles. The van der Waals surface area contributed by atoms with E-state index in [2.05, 4.69) is 12.1 Å². The number of aliphatic hydroxyl groups is 1. The first-order valence-corrected chi connectivity index (χ1v) is 8.31. The van der Waals surface area contributed by atoms with Crippen LogP contribution in [0.5, 0.6) is 0 Å². The van der Waals surface area contributed by atoms with Gasteiger partial charge in [0, 0.05) is 32.5 Å². The highest BCUT2D eigenvalue weighted by molar-refractivity contribution is 5.76.